The van der Waals surface area contributed by atoms with E-state index in [1.165, 1.54) is 11.1 Å². The predicted octanol–water partition coefficient (Wildman–Crippen LogP) is 2.08. The fraction of sp³-hybridized carbons (Fsp3) is 0.538. The van der Waals surface area contributed by atoms with Gasteiger partial charge in [-0.05, 0) is 18.1 Å². The van der Waals surface area contributed by atoms with Gasteiger partial charge in [0.15, 0.2) is 0 Å². The van der Waals surface area contributed by atoms with Crippen LogP contribution in [0.3, 0.4) is 0 Å². The minimum atomic E-state index is 0.574. The molecule has 0 aromatic heterocycles. The molecule has 1 aromatic carbocycles. The maximum atomic E-state index is 3.44. The number of nitrogens with one attached hydrogen (secondary N) is 2. The van der Waals surface area contributed by atoms with Gasteiger partial charge in [-0.1, -0.05) is 38.1 Å². The lowest BCUT2D eigenvalue weighted by molar-refractivity contribution is 0.555. The molecular weight excluding hydrogens is 184 g/mol. The molecule has 2 nitrogen and oxygen atoms in total. The molecule has 0 saturated carbocycles. The van der Waals surface area contributed by atoms with Crippen molar-refractivity contribution in [3.8, 4) is 0 Å². The topological polar surface area (TPSA) is 24.1 Å². The maximum Gasteiger partial charge on any atom is 0.0208 e. The average Bonchev–Trinajstić information content (AvgIpc) is 2.20. The van der Waals surface area contributed by atoms with Crippen LogP contribution in [0.25, 0.3) is 0 Å². The van der Waals surface area contributed by atoms with Crippen LogP contribution in [0.15, 0.2) is 24.3 Å². The van der Waals surface area contributed by atoms with E-state index in [0.717, 1.165) is 19.6 Å². The molecule has 0 bridgehead atoms. The highest BCUT2D eigenvalue weighted by atomic mass is 15.0. The number of aryl methyl sites for hydroxylation is 1. The van der Waals surface area contributed by atoms with Crippen molar-refractivity contribution in [2.75, 3.05) is 13.1 Å². The number of rotatable bonds is 6. The summed E-state index contributed by atoms with van der Waals surface area (Å²) in [5.74, 6) is 0. The van der Waals surface area contributed by atoms with Crippen LogP contribution in [-0.4, -0.2) is 19.1 Å². The summed E-state index contributed by atoms with van der Waals surface area (Å²) in [5, 5.41) is 6.82. The summed E-state index contributed by atoms with van der Waals surface area (Å²) in [5.41, 5.74) is 2.75. The Bertz CT molecular complexity index is 282. The SMILES string of the molecule is Cc1ccccc1CNCCNC(C)C. The molecule has 0 fully saturated rings. The van der Waals surface area contributed by atoms with Gasteiger partial charge in [0.1, 0.15) is 0 Å². The Labute approximate surface area is 93.1 Å². The standard InChI is InChI=1S/C13H22N2/c1-11(2)15-9-8-14-10-13-7-5-4-6-12(13)3/h4-7,11,14-15H,8-10H2,1-3H3. The third kappa shape index (κ3) is 4.96. The van der Waals surface area contributed by atoms with Crippen molar-refractivity contribution in [1.82, 2.24) is 10.6 Å². The van der Waals surface area contributed by atoms with E-state index >= 15 is 0 Å². The van der Waals surface area contributed by atoms with Crippen molar-refractivity contribution in [2.24, 2.45) is 0 Å². The average molecular weight is 206 g/mol. The molecule has 1 rings (SSSR count). The smallest absolute Gasteiger partial charge is 0.0208 e. The highest BCUT2D eigenvalue weighted by molar-refractivity contribution is 5.25. The van der Waals surface area contributed by atoms with Crippen LogP contribution in [0.1, 0.15) is 25.0 Å². The Hall–Kier alpha value is -0.860. The third-order valence-corrected chi connectivity index (χ3v) is 2.43. The van der Waals surface area contributed by atoms with E-state index in [4.69, 9.17) is 0 Å². The lowest BCUT2D eigenvalue weighted by atomic mass is 10.1. The fourth-order valence-electron chi connectivity index (χ4n) is 1.48. The Balaban J connectivity index is 2.18. The van der Waals surface area contributed by atoms with Gasteiger partial charge in [-0.3, -0.25) is 0 Å². The highest BCUT2D eigenvalue weighted by Gasteiger charge is 1.96. The zero-order valence-electron chi connectivity index (χ0n) is 10.0. The molecule has 84 valence electrons. The molecular formula is C13H22N2. The molecule has 0 saturated heterocycles. The van der Waals surface area contributed by atoms with Gasteiger partial charge < -0.3 is 10.6 Å². The second-order valence-corrected chi connectivity index (χ2v) is 4.21. The van der Waals surface area contributed by atoms with Crippen LogP contribution in [-0.2, 0) is 6.54 Å². The van der Waals surface area contributed by atoms with Crippen LogP contribution in [0.2, 0.25) is 0 Å². The van der Waals surface area contributed by atoms with E-state index in [0.29, 0.717) is 6.04 Å². The molecule has 0 aliphatic carbocycles. The van der Waals surface area contributed by atoms with E-state index in [-0.39, 0.29) is 0 Å². The number of hydrogen-bond acceptors (Lipinski definition) is 2. The summed E-state index contributed by atoms with van der Waals surface area (Å²) in [4.78, 5) is 0. The lowest BCUT2D eigenvalue weighted by Gasteiger charge is -2.10. The quantitative estimate of drug-likeness (QED) is 0.696. The molecule has 2 N–H and O–H groups in total. The van der Waals surface area contributed by atoms with E-state index in [9.17, 15) is 0 Å². The van der Waals surface area contributed by atoms with Crippen molar-refractivity contribution in [2.45, 2.75) is 33.4 Å². The van der Waals surface area contributed by atoms with E-state index in [2.05, 4.69) is 55.7 Å². The largest absolute Gasteiger partial charge is 0.313 e. The predicted molar refractivity (Wildman–Crippen MR) is 66.0 cm³/mol. The molecule has 1 aromatic rings. The van der Waals surface area contributed by atoms with E-state index in [1.54, 1.807) is 0 Å². The Morgan fingerprint density at radius 3 is 2.53 bits per heavy atom. The number of hydrogen-bond donors (Lipinski definition) is 2. The van der Waals surface area contributed by atoms with Gasteiger partial charge in [-0.25, -0.2) is 0 Å². The van der Waals surface area contributed by atoms with Gasteiger partial charge in [0, 0.05) is 25.7 Å². The minimum Gasteiger partial charge on any atom is -0.313 e. The van der Waals surface area contributed by atoms with Crippen molar-refractivity contribution in [3.63, 3.8) is 0 Å². The minimum absolute atomic E-state index is 0.574. The Kier molecular flexibility index (Phi) is 5.37. The van der Waals surface area contributed by atoms with Gasteiger partial charge >= 0.3 is 0 Å². The van der Waals surface area contributed by atoms with Crippen LogP contribution >= 0.6 is 0 Å². The van der Waals surface area contributed by atoms with Gasteiger partial charge in [0.05, 0.1) is 0 Å². The monoisotopic (exact) mass is 206 g/mol. The van der Waals surface area contributed by atoms with Crippen molar-refractivity contribution < 1.29 is 0 Å². The van der Waals surface area contributed by atoms with Crippen molar-refractivity contribution >= 4 is 0 Å². The summed E-state index contributed by atoms with van der Waals surface area (Å²) in [6.45, 7) is 9.51. The first-order chi connectivity index (χ1) is 7.20. The summed E-state index contributed by atoms with van der Waals surface area (Å²) in [7, 11) is 0. The molecule has 0 radical (unpaired) electrons. The zero-order chi connectivity index (χ0) is 11.1. The molecule has 2 heteroatoms. The highest BCUT2D eigenvalue weighted by Crippen LogP contribution is 2.05. The zero-order valence-corrected chi connectivity index (χ0v) is 10.0. The summed E-state index contributed by atoms with van der Waals surface area (Å²) < 4.78 is 0. The summed E-state index contributed by atoms with van der Waals surface area (Å²) in [6.07, 6.45) is 0. The first-order valence-corrected chi connectivity index (χ1v) is 5.68. The van der Waals surface area contributed by atoms with Gasteiger partial charge in [0.25, 0.3) is 0 Å². The Morgan fingerprint density at radius 2 is 1.87 bits per heavy atom. The molecule has 0 atom stereocenters. The summed E-state index contributed by atoms with van der Waals surface area (Å²) >= 11 is 0. The fourth-order valence-corrected chi connectivity index (χ4v) is 1.48. The second kappa shape index (κ2) is 6.59. The molecule has 0 aliphatic rings. The molecule has 0 aliphatic heterocycles. The normalized spacial score (nSPS) is 10.9. The molecule has 0 amide bonds. The van der Waals surface area contributed by atoms with E-state index < -0.39 is 0 Å². The molecule has 0 unspecified atom stereocenters. The van der Waals surface area contributed by atoms with Gasteiger partial charge in [0.2, 0.25) is 0 Å². The maximum absolute atomic E-state index is 3.44. The van der Waals surface area contributed by atoms with Crippen LogP contribution < -0.4 is 10.6 Å². The van der Waals surface area contributed by atoms with Crippen molar-refractivity contribution in [3.05, 3.63) is 35.4 Å². The first kappa shape index (κ1) is 12.2. The third-order valence-electron chi connectivity index (χ3n) is 2.43. The van der Waals surface area contributed by atoms with Gasteiger partial charge in [-0.2, -0.15) is 0 Å². The molecule has 0 heterocycles. The second-order valence-electron chi connectivity index (χ2n) is 4.21. The van der Waals surface area contributed by atoms with Crippen LogP contribution in [0.5, 0.6) is 0 Å². The van der Waals surface area contributed by atoms with Gasteiger partial charge in [-0.15, -0.1) is 0 Å². The van der Waals surface area contributed by atoms with Crippen LogP contribution in [0, 0.1) is 6.92 Å². The van der Waals surface area contributed by atoms with Crippen molar-refractivity contribution in [1.29, 1.82) is 0 Å². The molecule has 15 heavy (non-hydrogen) atoms. The van der Waals surface area contributed by atoms with E-state index in [1.807, 2.05) is 0 Å². The number of benzene rings is 1. The Morgan fingerprint density at radius 1 is 1.13 bits per heavy atom. The first-order valence-electron chi connectivity index (χ1n) is 5.68. The summed E-state index contributed by atoms with van der Waals surface area (Å²) in [6, 6.07) is 9.09. The lowest BCUT2D eigenvalue weighted by Crippen LogP contribution is -2.31. The molecule has 0 spiro atoms. The van der Waals surface area contributed by atoms with Crippen LogP contribution in [0.4, 0.5) is 0 Å².